The van der Waals surface area contributed by atoms with Crippen LogP contribution in [0.5, 0.6) is 11.5 Å². The van der Waals surface area contributed by atoms with Gasteiger partial charge in [0, 0.05) is 0 Å². The molecule has 18 heavy (non-hydrogen) atoms. The van der Waals surface area contributed by atoms with Gasteiger partial charge in [-0.05, 0) is 30.3 Å². The molecule has 2 aromatic rings. The van der Waals surface area contributed by atoms with Crippen molar-refractivity contribution in [3.8, 4) is 11.5 Å². The first-order valence-electron chi connectivity index (χ1n) is 5.13. The Balaban J connectivity index is 2.37. The maximum absolute atomic E-state index is 13.4. The minimum Gasteiger partial charge on any atom is -0.478 e. The van der Waals surface area contributed by atoms with Crippen LogP contribution in [-0.2, 0) is 0 Å². The van der Waals surface area contributed by atoms with Gasteiger partial charge in [0.05, 0.1) is 11.3 Å². The van der Waals surface area contributed by atoms with Crippen LogP contribution in [0.1, 0.15) is 10.4 Å². The molecule has 0 saturated heterocycles. The van der Waals surface area contributed by atoms with E-state index < -0.39 is 11.8 Å². The van der Waals surface area contributed by atoms with Crippen LogP contribution >= 0.6 is 0 Å². The minimum atomic E-state index is -1.10. The van der Waals surface area contributed by atoms with E-state index in [4.69, 9.17) is 15.6 Å². The summed E-state index contributed by atoms with van der Waals surface area (Å²) in [6.45, 7) is 0. The van der Waals surface area contributed by atoms with Gasteiger partial charge < -0.3 is 15.6 Å². The Labute approximate surface area is 102 Å². The SMILES string of the molecule is Nc1ccc(C(=O)O)cc1Oc1ccccc1F. The fourth-order valence-corrected chi connectivity index (χ4v) is 1.40. The van der Waals surface area contributed by atoms with Gasteiger partial charge in [-0.2, -0.15) is 0 Å². The van der Waals surface area contributed by atoms with Crippen molar-refractivity contribution in [1.82, 2.24) is 0 Å². The number of anilines is 1. The second-order valence-corrected chi connectivity index (χ2v) is 3.59. The normalized spacial score (nSPS) is 10.1. The highest BCUT2D eigenvalue weighted by atomic mass is 19.1. The van der Waals surface area contributed by atoms with Crippen LogP contribution in [0.4, 0.5) is 10.1 Å². The summed E-state index contributed by atoms with van der Waals surface area (Å²) in [6.07, 6.45) is 0. The molecule has 3 N–H and O–H groups in total. The van der Waals surface area contributed by atoms with Crippen molar-refractivity contribution < 1.29 is 19.0 Å². The van der Waals surface area contributed by atoms with E-state index in [-0.39, 0.29) is 22.7 Å². The van der Waals surface area contributed by atoms with Crippen LogP contribution in [0.3, 0.4) is 0 Å². The molecule has 2 rings (SSSR count). The number of carboxylic acids is 1. The lowest BCUT2D eigenvalue weighted by atomic mass is 10.2. The van der Waals surface area contributed by atoms with Gasteiger partial charge in [0.15, 0.2) is 17.3 Å². The van der Waals surface area contributed by atoms with Crippen molar-refractivity contribution >= 4 is 11.7 Å². The molecule has 92 valence electrons. The minimum absolute atomic E-state index is 0.00765. The number of hydrogen-bond donors (Lipinski definition) is 2. The van der Waals surface area contributed by atoms with E-state index in [1.54, 1.807) is 6.07 Å². The van der Waals surface area contributed by atoms with Crippen molar-refractivity contribution in [2.24, 2.45) is 0 Å². The van der Waals surface area contributed by atoms with Gasteiger partial charge >= 0.3 is 5.97 Å². The first-order valence-corrected chi connectivity index (χ1v) is 5.13. The third kappa shape index (κ3) is 2.40. The second-order valence-electron chi connectivity index (χ2n) is 3.59. The fourth-order valence-electron chi connectivity index (χ4n) is 1.40. The number of aromatic carboxylic acids is 1. The van der Waals surface area contributed by atoms with Gasteiger partial charge in [-0.15, -0.1) is 0 Å². The van der Waals surface area contributed by atoms with Crippen LogP contribution in [0.25, 0.3) is 0 Å². The predicted molar refractivity (Wildman–Crippen MR) is 64.3 cm³/mol. The summed E-state index contributed by atoms with van der Waals surface area (Å²) in [7, 11) is 0. The number of nitrogens with two attached hydrogens (primary N) is 1. The number of benzene rings is 2. The Bertz CT molecular complexity index is 599. The third-order valence-corrected chi connectivity index (χ3v) is 2.32. The highest BCUT2D eigenvalue weighted by molar-refractivity contribution is 5.89. The molecule has 5 heteroatoms. The molecular weight excluding hydrogens is 237 g/mol. The monoisotopic (exact) mass is 247 g/mol. The van der Waals surface area contributed by atoms with E-state index in [1.165, 1.54) is 36.4 Å². The molecule has 0 spiro atoms. The number of carboxylic acid groups (broad SMARTS) is 1. The summed E-state index contributed by atoms with van der Waals surface area (Å²) in [5.74, 6) is -1.54. The van der Waals surface area contributed by atoms with E-state index in [0.29, 0.717) is 0 Å². The Morgan fingerprint density at radius 3 is 2.56 bits per heavy atom. The quantitative estimate of drug-likeness (QED) is 0.818. The van der Waals surface area contributed by atoms with Crippen molar-refractivity contribution in [2.75, 3.05) is 5.73 Å². The zero-order valence-corrected chi connectivity index (χ0v) is 9.26. The Morgan fingerprint density at radius 1 is 1.17 bits per heavy atom. The maximum atomic E-state index is 13.4. The van der Waals surface area contributed by atoms with Gasteiger partial charge in [-0.1, -0.05) is 12.1 Å². The third-order valence-electron chi connectivity index (χ3n) is 2.32. The van der Waals surface area contributed by atoms with Gasteiger partial charge in [-0.25, -0.2) is 9.18 Å². The molecule has 0 heterocycles. The van der Waals surface area contributed by atoms with Gasteiger partial charge in [0.25, 0.3) is 0 Å². The summed E-state index contributed by atoms with van der Waals surface area (Å²) in [5.41, 5.74) is 5.91. The molecule has 0 saturated carbocycles. The van der Waals surface area contributed by atoms with Crippen LogP contribution in [0, 0.1) is 5.82 Å². The molecule has 0 atom stereocenters. The zero-order chi connectivity index (χ0) is 13.1. The van der Waals surface area contributed by atoms with Gasteiger partial charge in [0.2, 0.25) is 0 Å². The standard InChI is InChI=1S/C13H10FNO3/c14-9-3-1-2-4-11(9)18-12-7-8(13(16)17)5-6-10(12)15/h1-7H,15H2,(H,16,17). The van der Waals surface area contributed by atoms with Crippen molar-refractivity contribution in [2.45, 2.75) is 0 Å². The summed E-state index contributed by atoms with van der Waals surface area (Å²) in [4.78, 5) is 10.8. The topological polar surface area (TPSA) is 72.6 Å². The highest BCUT2D eigenvalue weighted by Crippen LogP contribution is 2.29. The summed E-state index contributed by atoms with van der Waals surface area (Å²) < 4.78 is 18.7. The Kier molecular flexibility index (Phi) is 3.14. The first kappa shape index (κ1) is 11.9. The fraction of sp³-hybridized carbons (Fsp3) is 0. The van der Waals surface area contributed by atoms with E-state index in [9.17, 15) is 9.18 Å². The maximum Gasteiger partial charge on any atom is 0.335 e. The summed E-state index contributed by atoms with van der Waals surface area (Å²) in [6, 6.07) is 9.82. The predicted octanol–water partition coefficient (Wildman–Crippen LogP) is 2.90. The summed E-state index contributed by atoms with van der Waals surface area (Å²) in [5, 5.41) is 8.85. The number of nitrogen functional groups attached to an aromatic ring is 1. The average Bonchev–Trinajstić information content (AvgIpc) is 2.34. The zero-order valence-electron chi connectivity index (χ0n) is 9.26. The lowest BCUT2D eigenvalue weighted by Gasteiger charge is -2.09. The van der Waals surface area contributed by atoms with E-state index in [2.05, 4.69) is 0 Å². The van der Waals surface area contributed by atoms with Crippen molar-refractivity contribution in [3.05, 3.63) is 53.8 Å². The lowest BCUT2D eigenvalue weighted by molar-refractivity contribution is 0.0696. The molecule has 0 bridgehead atoms. The molecule has 0 fully saturated rings. The van der Waals surface area contributed by atoms with Crippen molar-refractivity contribution in [3.63, 3.8) is 0 Å². The van der Waals surface area contributed by atoms with Crippen molar-refractivity contribution in [1.29, 1.82) is 0 Å². The van der Waals surface area contributed by atoms with E-state index in [0.717, 1.165) is 0 Å². The molecule has 0 aliphatic carbocycles. The number of carbonyl (C=O) groups is 1. The number of hydrogen-bond acceptors (Lipinski definition) is 3. The van der Waals surface area contributed by atoms with Crippen LogP contribution < -0.4 is 10.5 Å². The second kappa shape index (κ2) is 4.75. The molecule has 0 aliphatic rings. The number of rotatable bonds is 3. The van der Waals surface area contributed by atoms with Crippen LogP contribution in [0.15, 0.2) is 42.5 Å². The number of para-hydroxylation sites is 1. The molecule has 4 nitrogen and oxygen atoms in total. The molecule has 0 unspecified atom stereocenters. The number of halogens is 1. The van der Waals surface area contributed by atoms with Gasteiger partial charge in [0.1, 0.15) is 0 Å². The highest BCUT2D eigenvalue weighted by Gasteiger charge is 2.10. The van der Waals surface area contributed by atoms with E-state index in [1.807, 2.05) is 0 Å². The molecule has 0 radical (unpaired) electrons. The smallest absolute Gasteiger partial charge is 0.335 e. The molecule has 0 amide bonds. The van der Waals surface area contributed by atoms with E-state index >= 15 is 0 Å². The average molecular weight is 247 g/mol. The Morgan fingerprint density at radius 2 is 1.89 bits per heavy atom. The number of ether oxygens (including phenoxy) is 1. The summed E-state index contributed by atoms with van der Waals surface area (Å²) >= 11 is 0. The lowest BCUT2D eigenvalue weighted by Crippen LogP contribution is -1.99. The first-order chi connectivity index (χ1) is 8.58. The molecular formula is C13H10FNO3. The van der Waals surface area contributed by atoms with Crippen LogP contribution in [-0.4, -0.2) is 11.1 Å². The molecule has 0 aromatic heterocycles. The molecule has 0 aliphatic heterocycles. The largest absolute Gasteiger partial charge is 0.478 e. The van der Waals surface area contributed by atoms with Gasteiger partial charge in [-0.3, -0.25) is 0 Å². The Hall–Kier alpha value is -2.56. The molecule has 2 aromatic carbocycles. The van der Waals surface area contributed by atoms with Crippen LogP contribution in [0.2, 0.25) is 0 Å².